The lowest BCUT2D eigenvalue weighted by molar-refractivity contribution is -0.141. The Morgan fingerprint density at radius 1 is 1.21 bits per heavy atom. The molecule has 1 N–H and O–H groups in total. The number of carbonyl (C=O) groups is 3. The second kappa shape index (κ2) is 6.86. The molecule has 1 aromatic rings. The van der Waals surface area contributed by atoms with Gasteiger partial charge in [-0.25, -0.2) is 4.79 Å². The second-order valence-electron chi connectivity index (χ2n) is 7.95. The van der Waals surface area contributed by atoms with Gasteiger partial charge in [0, 0.05) is 25.8 Å². The molecule has 3 fully saturated rings. The molecule has 3 atom stereocenters. The summed E-state index contributed by atoms with van der Waals surface area (Å²) in [6.07, 6.45) is 0.353. The van der Waals surface area contributed by atoms with Crippen molar-refractivity contribution in [3.05, 3.63) is 29.3 Å². The van der Waals surface area contributed by atoms with Crippen LogP contribution in [-0.4, -0.2) is 77.6 Å². The Bertz CT molecular complexity index is 841. The number of benzene rings is 1. The van der Waals surface area contributed by atoms with Gasteiger partial charge >= 0.3 is 6.03 Å². The Hall–Kier alpha value is -2.45. The van der Waals surface area contributed by atoms with Crippen molar-refractivity contribution >= 4 is 23.4 Å². The summed E-state index contributed by atoms with van der Waals surface area (Å²) in [7, 11) is 1.69. The minimum Gasteiger partial charge on any atom is -0.343 e. The molecular formula is C20H27N5O3. The lowest BCUT2D eigenvalue weighted by Gasteiger charge is -2.44. The van der Waals surface area contributed by atoms with Crippen molar-refractivity contribution in [1.82, 2.24) is 20.0 Å². The highest BCUT2D eigenvalue weighted by atomic mass is 16.2. The molecule has 0 bridgehead atoms. The van der Waals surface area contributed by atoms with Crippen LogP contribution < -0.4 is 10.2 Å². The summed E-state index contributed by atoms with van der Waals surface area (Å²) in [4.78, 5) is 44.5. The molecule has 0 saturated carbocycles. The standard InChI is InChI=1S/C20H27N5O3/c1-12-7-5-8-15(14(12)3)23-9-6-10-24-16-17(21-19(23)24)22(4)20(28)25(18(16)27)11-13(2)26/h5,7-8,16-17,19,21H,6,9-11H2,1-4H3. The quantitative estimate of drug-likeness (QED) is 0.833. The molecule has 3 amide bonds. The van der Waals surface area contributed by atoms with E-state index in [2.05, 4.69) is 41.1 Å². The van der Waals surface area contributed by atoms with Crippen LogP contribution in [0.3, 0.4) is 0 Å². The Balaban J connectivity index is 1.68. The zero-order chi connectivity index (χ0) is 20.2. The van der Waals surface area contributed by atoms with E-state index in [1.807, 2.05) is 6.07 Å². The average Bonchev–Trinajstić information content (AvgIpc) is 3.05. The van der Waals surface area contributed by atoms with E-state index in [9.17, 15) is 14.4 Å². The third-order valence-corrected chi connectivity index (χ3v) is 6.14. The summed E-state index contributed by atoms with van der Waals surface area (Å²) in [5.74, 6) is -0.493. The van der Waals surface area contributed by atoms with E-state index in [0.29, 0.717) is 0 Å². The summed E-state index contributed by atoms with van der Waals surface area (Å²) in [6, 6.07) is 5.34. The molecule has 0 aliphatic carbocycles. The third-order valence-electron chi connectivity index (χ3n) is 6.14. The van der Waals surface area contributed by atoms with E-state index in [0.717, 1.165) is 30.1 Å². The van der Waals surface area contributed by atoms with Crippen molar-refractivity contribution in [2.24, 2.45) is 0 Å². The van der Waals surface area contributed by atoms with Gasteiger partial charge < -0.3 is 9.80 Å². The number of likely N-dealkylation sites (N-methyl/N-ethyl adjacent to an activating group) is 1. The summed E-state index contributed by atoms with van der Waals surface area (Å²) in [5, 5.41) is 3.50. The minimum absolute atomic E-state index is 0.166. The zero-order valence-electron chi connectivity index (χ0n) is 16.8. The molecule has 3 aliphatic heterocycles. The molecule has 28 heavy (non-hydrogen) atoms. The average molecular weight is 385 g/mol. The number of imide groups is 1. The van der Waals surface area contributed by atoms with E-state index in [1.54, 1.807) is 11.9 Å². The highest BCUT2D eigenvalue weighted by molar-refractivity contribution is 6.03. The first-order valence-corrected chi connectivity index (χ1v) is 9.73. The van der Waals surface area contributed by atoms with Crippen molar-refractivity contribution < 1.29 is 14.4 Å². The lowest BCUT2D eigenvalue weighted by Crippen LogP contribution is -2.66. The van der Waals surface area contributed by atoms with Crippen molar-refractivity contribution in [1.29, 1.82) is 0 Å². The number of carbonyl (C=O) groups excluding carboxylic acids is 3. The van der Waals surface area contributed by atoms with E-state index in [4.69, 9.17) is 0 Å². The number of nitrogens with zero attached hydrogens (tertiary/aromatic N) is 4. The lowest BCUT2D eigenvalue weighted by atomic mass is 10.1. The SMILES string of the molecule is CC(=O)CN1C(=O)C2C(NC3N(c4cccc(C)c4C)CCCN23)N(C)C1=O. The Morgan fingerprint density at radius 3 is 2.68 bits per heavy atom. The van der Waals surface area contributed by atoms with Gasteiger partial charge in [0.2, 0.25) is 0 Å². The first-order valence-electron chi connectivity index (χ1n) is 9.73. The Kier molecular flexibility index (Phi) is 4.63. The highest BCUT2D eigenvalue weighted by Gasteiger charge is 2.56. The van der Waals surface area contributed by atoms with Gasteiger partial charge in [0.25, 0.3) is 5.91 Å². The van der Waals surface area contributed by atoms with Gasteiger partial charge in [0.05, 0.1) is 6.54 Å². The number of urea groups is 1. The first kappa shape index (κ1) is 18.9. The number of nitrogens with one attached hydrogen (secondary N) is 1. The normalized spacial score (nSPS) is 27.9. The van der Waals surface area contributed by atoms with E-state index >= 15 is 0 Å². The summed E-state index contributed by atoms with van der Waals surface area (Å²) < 4.78 is 0. The molecule has 3 heterocycles. The number of amides is 3. The fraction of sp³-hybridized carbons (Fsp3) is 0.550. The van der Waals surface area contributed by atoms with Crippen LogP contribution in [0.1, 0.15) is 24.5 Å². The minimum atomic E-state index is -0.486. The predicted molar refractivity (Wildman–Crippen MR) is 105 cm³/mol. The van der Waals surface area contributed by atoms with Crippen LogP contribution in [0.25, 0.3) is 0 Å². The number of aryl methyl sites for hydroxylation is 1. The highest BCUT2D eigenvalue weighted by Crippen LogP contribution is 2.34. The van der Waals surface area contributed by atoms with Crippen molar-refractivity contribution in [3.63, 3.8) is 0 Å². The zero-order valence-corrected chi connectivity index (χ0v) is 16.8. The molecule has 1 aromatic carbocycles. The van der Waals surface area contributed by atoms with Gasteiger partial charge in [-0.3, -0.25) is 24.7 Å². The predicted octanol–water partition coefficient (Wildman–Crippen LogP) is 0.880. The molecule has 8 heteroatoms. The number of anilines is 1. The molecule has 3 aliphatic rings. The van der Waals surface area contributed by atoms with Gasteiger partial charge in [-0.15, -0.1) is 0 Å². The number of fused-ring (bicyclic) bond motifs is 3. The maximum absolute atomic E-state index is 13.1. The maximum atomic E-state index is 13.1. The molecule has 0 radical (unpaired) electrons. The topological polar surface area (TPSA) is 76.2 Å². The number of ketones is 1. The number of hydrogen-bond donors (Lipinski definition) is 1. The molecule has 0 aromatic heterocycles. The monoisotopic (exact) mass is 385 g/mol. The fourth-order valence-corrected chi connectivity index (χ4v) is 4.58. The second-order valence-corrected chi connectivity index (χ2v) is 7.95. The van der Waals surface area contributed by atoms with Gasteiger partial charge in [0.15, 0.2) is 0 Å². The van der Waals surface area contributed by atoms with E-state index < -0.39 is 18.2 Å². The Labute approximate surface area is 165 Å². The van der Waals surface area contributed by atoms with Crippen LogP contribution in [0, 0.1) is 13.8 Å². The van der Waals surface area contributed by atoms with Crippen LogP contribution in [-0.2, 0) is 9.59 Å². The summed E-state index contributed by atoms with van der Waals surface area (Å²) >= 11 is 0. The van der Waals surface area contributed by atoms with Crippen LogP contribution >= 0.6 is 0 Å². The van der Waals surface area contributed by atoms with Crippen LogP contribution in [0.15, 0.2) is 18.2 Å². The summed E-state index contributed by atoms with van der Waals surface area (Å²) in [5.41, 5.74) is 3.58. The third kappa shape index (κ3) is 2.79. The maximum Gasteiger partial charge on any atom is 0.328 e. The number of rotatable bonds is 3. The van der Waals surface area contributed by atoms with Crippen LogP contribution in [0.5, 0.6) is 0 Å². The molecule has 3 saturated heterocycles. The van der Waals surface area contributed by atoms with Crippen molar-refractivity contribution in [2.75, 3.05) is 31.6 Å². The molecule has 3 unspecified atom stereocenters. The van der Waals surface area contributed by atoms with Gasteiger partial charge in [0.1, 0.15) is 24.3 Å². The molecule has 150 valence electrons. The van der Waals surface area contributed by atoms with Crippen molar-refractivity contribution in [3.8, 4) is 0 Å². The smallest absolute Gasteiger partial charge is 0.328 e. The van der Waals surface area contributed by atoms with Crippen molar-refractivity contribution in [2.45, 2.75) is 45.7 Å². The molecule has 4 rings (SSSR count). The molecule has 0 spiro atoms. The summed E-state index contributed by atoms with van der Waals surface area (Å²) in [6.45, 7) is 7.07. The van der Waals surface area contributed by atoms with Crippen LogP contribution in [0.4, 0.5) is 10.5 Å². The first-order chi connectivity index (χ1) is 13.3. The van der Waals surface area contributed by atoms with Gasteiger partial charge in [-0.05, 0) is 44.4 Å². The number of hydrogen-bond acceptors (Lipinski definition) is 6. The largest absolute Gasteiger partial charge is 0.343 e. The molecule has 8 nitrogen and oxygen atoms in total. The van der Waals surface area contributed by atoms with Gasteiger partial charge in [-0.2, -0.15) is 0 Å². The van der Waals surface area contributed by atoms with E-state index in [-0.39, 0.29) is 24.5 Å². The van der Waals surface area contributed by atoms with Crippen LogP contribution in [0.2, 0.25) is 0 Å². The Morgan fingerprint density at radius 2 is 1.96 bits per heavy atom. The fourth-order valence-electron chi connectivity index (χ4n) is 4.58. The molecular weight excluding hydrogens is 358 g/mol. The number of Topliss-reactive ketones (excluding diaryl/α,β-unsaturated/α-hetero) is 1. The van der Waals surface area contributed by atoms with Gasteiger partial charge in [-0.1, -0.05) is 12.1 Å². The van der Waals surface area contributed by atoms with E-state index in [1.165, 1.54) is 18.1 Å².